The number of carbonyl (C=O) groups excluding carboxylic acids is 3. The maximum Gasteiger partial charge on any atom is 0.344 e. The standard InChI is InChI=1S/C19H18N4O6/c1-3-29-15-10-4-12(5-11-15)16(24)21-22-17(25)19(2,20-18(22)26)13-6-8-14(9-7-13)23(27)28/h4-11H,3H2,1-2H3,(H,20,26)(H,21,24)/t19-/m0/s1. The minimum absolute atomic E-state index is 0.144. The molecule has 0 aromatic heterocycles. The van der Waals surface area contributed by atoms with Crippen molar-refractivity contribution in [1.29, 1.82) is 0 Å². The van der Waals surface area contributed by atoms with Gasteiger partial charge in [0, 0.05) is 17.7 Å². The molecule has 2 N–H and O–H groups in total. The Hall–Kier alpha value is -3.95. The summed E-state index contributed by atoms with van der Waals surface area (Å²) in [6, 6.07) is 10.7. The fraction of sp³-hybridized carbons (Fsp3) is 0.211. The zero-order valence-electron chi connectivity index (χ0n) is 15.7. The van der Waals surface area contributed by atoms with Crippen molar-refractivity contribution in [3.8, 4) is 5.75 Å². The number of nitrogens with one attached hydrogen (secondary N) is 2. The average molecular weight is 398 g/mol. The number of nitro benzene ring substituents is 1. The first kappa shape index (κ1) is 19.8. The number of carbonyl (C=O) groups is 3. The van der Waals surface area contributed by atoms with E-state index in [2.05, 4.69) is 10.7 Å². The van der Waals surface area contributed by atoms with Crippen LogP contribution in [-0.4, -0.2) is 34.4 Å². The van der Waals surface area contributed by atoms with Crippen molar-refractivity contribution < 1.29 is 24.0 Å². The van der Waals surface area contributed by atoms with E-state index in [1.165, 1.54) is 43.3 Å². The molecule has 0 spiro atoms. The van der Waals surface area contributed by atoms with E-state index in [9.17, 15) is 24.5 Å². The first-order valence-electron chi connectivity index (χ1n) is 8.71. The molecule has 1 aliphatic rings. The Labute approximate surface area is 165 Å². The van der Waals surface area contributed by atoms with Crippen molar-refractivity contribution in [3.63, 3.8) is 0 Å². The third-order valence-corrected chi connectivity index (χ3v) is 4.49. The van der Waals surface area contributed by atoms with Gasteiger partial charge < -0.3 is 10.1 Å². The molecule has 0 bridgehead atoms. The highest BCUT2D eigenvalue weighted by Gasteiger charge is 2.50. The van der Waals surface area contributed by atoms with Gasteiger partial charge in [0.05, 0.1) is 11.5 Å². The zero-order chi connectivity index (χ0) is 21.2. The minimum atomic E-state index is -1.47. The molecule has 10 nitrogen and oxygen atoms in total. The van der Waals surface area contributed by atoms with Crippen LogP contribution in [0.5, 0.6) is 5.75 Å². The van der Waals surface area contributed by atoms with Gasteiger partial charge in [0.25, 0.3) is 17.5 Å². The van der Waals surface area contributed by atoms with Gasteiger partial charge in [-0.15, -0.1) is 0 Å². The first-order chi connectivity index (χ1) is 13.8. The second-order valence-corrected chi connectivity index (χ2v) is 6.40. The van der Waals surface area contributed by atoms with Gasteiger partial charge >= 0.3 is 6.03 Å². The SMILES string of the molecule is CCOc1ccc(C(=O)NN2C(=O)N[C@@](C)(c3ccc([N+](=O)[O-])cc3)C2=O)cc1. The molecule has 1 heterocycles. The van der Waals surface area contributed by atoms with Crippen LogP contribution >= 0.6 is 0 Å². The lowest BCUT2D eigenvalue weighted by Crippen LogP contribution is -2.47. The van der Waals surface area contributed by atoms with Crippen molar-refractivity contribution in [2.45, 2.75) is 19.4 Å². The number of non-ortho nitro benzene ring substituents is 1. The second kappa shape index (κ2) is 7.58. The Morgan fingerprint density at radius 2 is 1.79 bits per heavy atom. The second-order valence-electron chi connectivity index (χ2n) is 6.40. The summed E-state index contributed by atoms with van der Waals surface area (Å²) in [6.45, 7) is 3.77. The zero-order valence-corrected chi connectivity index (χ0v) is 15.7. The highest BCUT2D eigenvalue weighted by molar-refractivity contribution is 6.09. The van der Waals surface area contributed by atoms with E-state index < -0.39 is 28.3 Å². The molecular weight excluding hydrogens is 380 g/mol. The lowest BCUT2D eigenvalue weighted by atomic mass is 9.92. The number of hydrogen-bond acceptors (Lipinski definition) is 6. The molecule has 2 aromatic carbocycles. The molecular formula is C19H18N4O6. The molecule has 3 rings (SSSR count). The molecule has 1 saturated heterocycles. The van der Waals surface area contributed by atoms with Gasteiger partial charge in [-0.25, -0.2) is 4.79 Å². The number of benzene rings is 2. The van der Waals surface area contributed by atoms with E-state index in [4.69, 9.17) is 4.74 Å². The third kappa shape index (κ3) is 3.72. The Morgan fingerprint density at radius 3 is 2.34 bits per heavy atom. The monoisotopic (exact) mass is 398 g/mol. The van der Waals surface area contributed by atoms with Crippen LogP contribution in [0.1, 0.15) is 29.8 Å². The van der Waals surface area contributed by atoms with Crippen molar-refractivity contribution >= 4 is 23.5 Å². The van der Waals surface area contributed by atoms with Crippen molar-refractivity contribution in [1.82, 2.24) is 15.8 Å². The number of hydrogen-bond donors (Lipinski definition) is 2. The van der Waals surface area contributed by atoms with Gasteiger partial charge in [0.1, 0.15) is 11.3 Å². The van der Waals surface area contributed by atoms with Crippen LogP contribution in [0.15, 0.2) is 48.5 Å². The molecule has 1 aliphatic heterocycles. The Balaban J connectivity index is 1.77. The molecule has 2 aromatic rings. The van der Waals surface area contributed by atoms with E-state index >= 15 is 0 Å². The van der Waals surface area contributed by atoms with Crippen molar-refractivity contribution in [3.05, 3.63) is 69.8 Å². The lowest BCUT2D eigenvalue weighted by Gasteiger charge is -2.22. The van der Waals surface area contributed by atoms with Gasteiger partial charge in [-0.05, 0) is 55.8 Å². The van der Waals surface area contributed by atoms with E-state index in [1.807, 2.05) is 6.92 Å². The number of imide groups is 1. The highest BCUT2D eigenvalue weighted by Crippen LogP contribution is 2.29. The van der Waals surface area contributed by atoms with Crippen LogP contribution in [0.3, 0.4) is 0 Å². The van der Waals surface area contributed by atoms with Gasteiger partial charge in [-0.1, -0.05) is 0 Å². The van der Waals surface area contributed by atoms with Crippen LogP contribution < -0.4 is 15.5 Å². The summed E-state index contributed by atoms with van der Waals surface area (Å²) >= 11 is 0. The predicted octanol–water partition coefficient (Wildman–Crippen LogP) is 2.11. The number of nitrogens with zero attached hydrogens (tertiary/aromatic N) is 2. The summed E-state index contributed by atoms with van der Waals surface area (Å²) in [5, 5.41) is 13.9. The molecule has 0 aliphatic carbocycles. The summed E-state index contributed by atoms with van der Waals surface area (Å²) in [4.78, 5) is 47.8. The summed E-state index contributed by atoms with van der Waals surface area (Å²) in [5.41, 5.74) is 1.25. The van der Waals surface area contributed by atoms with Crippen LogP contribution in [0.25, 0.3) is 0 Å². The maximum absolute atomic E-state index is 12.8. The third-order valence-electron chi connectivity index (χ3n) is 4.49. The van der Waals surface area contributed by atoms with Gasteiger partial charge in [0.15, 0.2) is 0 Å². The molecule has 0 unspecified atom stereocenters. The number of urea groups is 1. The summed E-state index contributed by atoms with van der Waals surface area (Å²) < 4.78 is 5.31. The fourth-order valence-corrected chi connectivity index (χ4v) is 2.89. The van der Waals surface area contributed by atoms with Crippen molar-refractivity contribution in [2.75, 3.05) is 6.61 Å². The first-order valence-corrected chi connectivity index (χ1v) is 8.71. The smallest absolute Gasteiger partial charge is 0.344 e. The average Bonchev–Trinajstić information content (AvgIpc) is 2.93. The summed E-state index contributed by atoms with van der Waals surface area (Å²) in [6.07, 6.45) is 0. The minimum Gasteiger partial charge on any atom is -0.494 e. The highest BCUT2D eigenvalue weighted by atomic mass is 16.6. The van der Waals surface area contributed by atoms with Crippen molar-refractivity contribution in [2.24, 2.45) is 0 Å². The molecule has 29 heavy (non-hydrogen) atoms. The van der Waals surface area contributed by atoms with E-state index in [-0.39, 0.29) is 11.3 Å². The van der Waals surface area contributed by atoms with Gasteiger partial charge in [-0.2, -0.15) is 5.01 Å². The van der Waals surface area contributed by atoms with Gasteiger partial charge in [-0.3, -0.25) is 25.1 Å². The predicted molar refractivity (Wildman–Crippen MR) is 101 cm³/mol. The summed E-state index contributed by atoms with van der Waals surface area (Å²) in [7, 11) is 0. The largest absolute Gasteiger partial charge is 0.494 e. The topological polar surface area (TPSA) is 131 Å². The van der Waals surface area contributed by atoms with Gasteiger partial charge in [0.2, 0.25) is 0 Å². The normalized spacial score (nSPS) is 18.3. The van der Waals surface area contributed by atoms with Crippen LogP contribution in [0, 0.1) is 10.1 Å². The van der Waals surface area contributed by atoms with E-state index in [1.54, 1.807) is 12.1 Å². The molecule has 4 amide bonds. The molecule has 0 saturated carbocycles. The Kier molecular flexibility index (Phi) is 5.18. The molecule has 0 radical (unpaired) electrons. The number of rotatable bonds is 6. The molecule has 150 valence electrons. The quantitative estimate of drug-likeness (QED) is 0.435. The molecule has 10 heteroatoms. The molecule has 1 atom stereocenters. The van der Waals surface area contributed by atoms with E-state index in [0.717, 1.165) is 0 Å². The van der Waals surface area contributed by atoms with E-state index in [0.29, 0.717) is 22.9 Å². The number of ether oxygens (including phenoxy) is 1. The molecule has 1 fully saturated rings. The number of hydrazine groups is 1. The number of nitro groups is 1. The summed E-state index contributed by atoms with van der Waals surface area (Å²) in [5.74, 6) is -0.773. The maximum atomic E-state index is 12.8. The number of amides is 4. The Morgan fingerprint density at radius 1 is 1.17 bits per heavy atom. The fourth-order valence-electron chi connectivity index (χ4n) is 2.89. The Bertz CT molecular complexity index is 973. The lowest BCUT2D eigenvalue weighted by molar-refractivity contribution is -0.384. The van der Waals surface area contributed by atoms with Crippen LogP contribution in [0.4, 0.5) is 10.5 Å². The van der Waals surface area contributed by atoms with Crippen LogP contribution in [0.2, 0.25) is 0 Å². The van der Waals surface area contributed by atoms with Crippen LogP contribution in [-0.2, 0) is 10.3 Å².